The molecule has 12 rings (SSSR count). The third-order valence-corrected chi connectivity index (χ3v) is 15.8. The zero-order valence-corrected chi connectivity index (χ0v) is 35.9. The summed E-state index contributed by atoms with van der Waals surface area (Å²) in [5.41, 5.74) is 18.4. The quantitative estimate of drug-likeness (QED) is 0.155. The summed E-state index contributed by atoms with van der Waals surface area (Å²) in [6, 6.07) is 63.6. The fourth-order valence-electron chi connectivity index (χ4n) is 10.4. The van der Waals surface area contributed by atoms with Crippen LogP contribution in [0.2, 0.25) is 0 Å². The molecule has 3 heterocycles. The van der Waals surface area contributed by atoms with Gasteiger partial charge in [-0.15, -0.1) is 23.1 Å². The van der Waals surface area contributed by atoms with E-state index in [1.165, 1.54) is 114 Å². The Hall–Kier alpha value is -6.39. The van der Waals surface area contributed by atoms with Gasteiger partial charge in [0.05, 0.1) is 11.0 Å². The normalized spacial score (nSPS) is 15.1. The predicted octanol–water partition coefficient (Wildman–Crippen LogP) is 16.8. The lowest BCUT2D eigenvalue weighted by Gasteiger charge is -2.23. The van der Waals surface area contributed by atoms with Gasteiger partial charge in [0.1, 0.15) is 0 Å². The van der Waals surface area contributed by atoms with Crippen LogP contribution in [0.25, 0.3) is 86.6 Å². The summed E-state index contributed by atoms with van der Waals surface area (Å²) in [5, 5.41) is 5.72. The standard InChI is InChI=1S/C58H43NS2/c1-3-40(38-34-51-47-23-11-14-30-55(47)61-58(51)52(35-38)50-27-16-26-49-46-22-10-13-29-54(46)60-57(49)50)43-19-7-8-20-44(43)41-32-31-37(33-36(41)2)42-24-15-25-48-45-21-9-12-28-53(45)59(56(42)48)39-17-5-4-6-18-39/h4-29,31-35,40,55H,3,30H2,1-2H3. The molecule has 0 N–H and O–H groups in total. The van der Waals surface area contributed by atoms with E-state index in [4.69, 9.17) is 0 Å². The van der Waals surface area contributed by atoms with Crippen molar-refractivity contribution in [1.29, 1.82) is 0 Å². The molecule has 10 aromatic rings. The molecule has 8 aromatic carbocycles. The second-order valence-electron chi connectivity index (χ2n) is 16.6. The van der Waals surface area contributed by atoms with Gasteiger partial charge >= 0.3 is 0 Å². The molecule has 1 aliphatic heterocycles. The SMILES string of the molecule is CCC(c1cc2c(c(-c3cccc4c3sc3ccccc34)c1)SC1CC=CC=C21)c1ccccc1-c1ccc(-c2cccc3c4ccccc4n(-c4ccccc4)c23)cc1C. The molecule has 2 atom stereocenters. The molecule has 0 bridgehead atoms. The molecule has 2 aliphatic rings. The van der Waals surface area contributed by atoms with Crippen molar-refractivity contribution in [3.8, 4) is 39.1 Å². The van der Waals surface area contributed by atoms with Gasteiger partial charge in [-0.2, -0.15) is 0 Å². The number of rotatable bonds is 7. The third kappa shape index (κ3) is 5.82. The van der Waals surface area contributed by atoms with E-state index in [-0.39, 0.29) is 5.92 Å². The predicted molar refractivity (Wildman–Crippen MR) is 265 cm³/mol. The van der Waals surface area contributed by atoms with Gasteiger partial charge < -0.3 is 4.57 Å². The smallest absolute Gasteiger partial charge is 0.0619 e. The number of aromatic nitrogens is 1. The molecule has 1 nitrogen and oxygen atoms in total. The van der Waals surface area contributed by atoms with Crippen LogP contribution in [-0.2, 0) is 0 Å². The molecule has 2 aromatic heterocycles. The number of thioether (sulfide) groups is 1. The number of fused-ring (bicyclic) bond motifs is 9. The molecule has 0 amide bonds. The van der Waals surface area contributed by atoms with Crippen LogP contribution in [0.15, 0.2) is 193 Å². The number of para-hydroxylation sites is 3. The van der Waals surface area contributed by atoms with Crippen LogP contribution in [-0.4, -0.2) is 9.82 Å². The van der Waals surface area contributed by atoms with Crippen molar-refractivity contribution >= 4 is 70.6 Å². The molecule has 2 unspecified atom stereocenters. The minimum absolute atomic E-state index is 0.222. The Balaban J connectivity index is 1.00. The summed E-state index contributed by atoms with van der Waals surface area (Å²) in [6.45, 7) is 4.66. The summed E-state index contributed by atoms with van der Waals surface area (Å²) in [5.74, 6) is 0.222. The number of nitrogens with zero attached hydrogens (tertiary/aromatic N) is 1. The maximum absolute atomic E-state index is 2.56. The fourth-order valence-corrected chi connectivity index (χ4v) is 13.0. The molecule has 0 radical (unpaired) electrons. The van der Waals surface area contributed by atoms with E-state index in [1.807, 2.05) is 11.3 Å². The van der Waals surface area contributed by atoms with Crippen LogP contribution in [0.5, 0.6) is 0 Å². The zero-order chi connectivity index (χ0) is 40.6. The average molecular weight is 818 g/mol. The van der Waals surface area contributed by atoms with Crippen LogP contribution in [0.1, 0.15) is 47.9 Å². The van der Waals surface area contributed by atoms with Gasteiger partial charge in [0.2, 0.25) is 0 Å². The highest BCUT2D eigenvalue weighted by Crippen LogP contribution is 2.55. The van der Waals surface area contributed by atoms with Gasteiger partial charge in [-0.05, 0) is 106 Å². The Bertz CT molecular complexity index is 3430. The first-order chi connectivity index (χ1) is 30.1. The monoisotopic (exact) mass is 817 g/mol. The number of allylic oxidation sites excluding steroid dienone is 3. The highest BCUT2D eigenvalue weighted by Gasteiger charge is 2.33. The molecule has 0 saturated carbocycles. The van der Waals surface area contributed by atoms with Crippen LogP contribution in [0.3, 0.4) is 0 Å². The minimum atomic E-state index is 0.222. The molecule has 61 heavy (non-hydrogen) atoms. The molecule has 0 fully saturated rings. The Morgan fingerprint density at radius 2 is 1.33 bits per heavy atom. The van der Waals surface area contributed by atoms with Crippen LogP contribution in [0.4, 0.5) is 0 Å². The third-order valence-electron chi connectivity index (χ3n) is 13.2. The Morgan fingerprint density at radius 1 is 0.607 bits per heavy atom. The van der Waals surface area contributed by atoms with Crippen molar-refractivity contribution in [3.63, 3.8) is 0 Å². The fraction of sp³-hybridized carbons (Fsp3) is 0.103. The van der Waals surface area contributed by atoms with Crippen molar-refractivity contribution < 1.29 is 0 Å². The molecule has 0 spiro atoms. The number of benzene rings is 8. The molecule has 3 heteroatoms. The minimum Gasteiger partial charge on any atom is -0.309 e. The number of aryl methyl sites for hydroxylation is 1. The van der Waals surface area contributed by atoms with E-state index in [0.717, 1.165) is 12.8 Å². The average Bonchev–Trinajstić information content (AvgIpc) is 4.00. The second-order valence-corrected chi connectivity index (χ2v) is 18.9. The summed E-state index contributed by atoms with van der Waals surface area (Å²) in [6.07, 6.45) is 9.05. The van der Waals surface area contributed by atoms with Crippen molar-refractivity contribution in [3.05, 3.63) is 210 Å². The largest absolute Gasteiger partial charge is 0.309 e. The van der Waals surface area contributed by atoms with Crippen molar-refractivity contribution in [1.82, 2.24) is 4.57 Å². The first-order valence-corrected chi connectivity index (χ1v) is 23.2. The lowest BCUT2D eigenvalue weighted by molar-refractivity contribution is 0.778. The van der Waals surface area contributed by atoms with Gasteiger partial charge in [-0.25, -0.2) is 0 Å². The number of hydrogen-bond acceptors (Lipinski definition) is 2. The highest BCUT2D eigenvalue weighted by atomic mass is 32.2. The lowest BCUT2D eigenvalue weighted by Crippen LogP contribution is -2.05. The lowest BCUT2D eigenvalue weighted by atomic mass is 9.81. The summed E-state index contributed by atoms with van der Waals surface area (Å²) >= 11 is 4.00. The molecule has 292 valence electrons. The van der Waals surface area contributed by atoms with E-state index in [9.17, 15) is 0 Å². The van der Waals surface area contributed by atoms with Gasteiger partial charge in [0.25, 0.3) is 0 Å². The van der Waals surface area contributed by atoms with E-state index in [1.54, 1.807) is 0 Å². The molecular weight excluding hydrogens is 775 g/mol. The first-order valence-electron chi connectivity index (χ1n) is 21.5. The van der Waals surface area contributed by atoms with Gasteiger partial charge in [0, 0.05) is 63.8 Å². The van der Waals surface area contributed by atoms with E-state index in [2.05, 4.69) is 218 Å². The maximum atomic E-state index is 2.56. The maximum Gasteiger partial charge on any atom is 0.0619 e. The van der Waals surface area contributed by atoms with E-state index >= 15 is 0 Å². The van der Waals surface area contributed by atoms with Crippen molar-refractivity contribution in [2.24, 2.45) is 0 Å². The van der Waals surface area contributed by atoms with Crippen LogP contribution >= 0.6 is 23.1 Å². The number of hydrogen-bond donors (Lipinski definition) is 0. The Labute approximate surface area is 365 Å². The second kappa shape index (κ2) is 14.7. The Morgan fingerprint density at radius 3 is 2.20 bits per heavy atom. The summed E-state index contributed by atoms with van der Waals surface area (Å²) in [7, 11) is 0. The van der Waals surface area contributed by atoms with Crippen molar-refractivity contribution in [2.75, 3.05) is 0 Å². The van der Waals surface area contributed by atoms with Gasteiger partial charge in [0.15, 0.2) is 0 Å². The van der Waals surface area contributed by atoms with E-state index in [0.29, 0.717) is 5.25 Å². The molecule has 0 saturated heterocycles. The van der Waals surface area contributed by atoms with Crippen LogP contribution < -0.4 is 0 Å². The summed E-state index contributed by atoms with van der Waals surface area (Å²) in [4.78, 5) is 1.43. The summed E-state index contributed by atoms with van der Waals surface area (Å²) < 4.78 is 5.18. The first kappa shape index (κ1) is 36.5. The molecular formula is C58H43NS2. The van der Waals surface area contributed by atoms with Gasteiger partial charge in [-0.3, -0.25) is 0 Å². The number of thiophene rings is 1. The molecule has 1 aliphatic carbocycles. The zero-order valence-electron chi connectivity index (χ0n) is 34.2. The van der Waals surface area contributed by atoms with Gasteiger partial charge in [-0.1, -0.05) is 159 Å². The topological polar surface area (TPSA) is 4.93 Å². The highest BCUT2D eigenvalue weighted by molar-refractivity contribution is 8.01. The van der Waals surface area contributed by atoms with E-state index < -0.39 is 0 Å². The van der Waals surface area contributed by atoms with Crippen molar-refractivity contribution in [2.45, 2.75) is 42.8 Å². The Kier molecular flexibility index (Phi) is 8.76. The van der Waals surface area contributed by atoms with Crippen LogP contribution in [0, 0.1) is 6.92 Å².